The molecule has 2 aromatic carbocycles. The third kappa shape index (κ3) is 5.18. The fourth-order valence-corrected chi connectivity index (χ4v) is 3.49. The summed E-state index contributed by atoms with van der Waals surface area (Å²) < 4.78 is 44.3. The van der Waals surface area contributed by atoms with E-state index in [0.717, 1.165) is 42.5 Å². The van der Waals surface area contributed by atoms with Crippen molar-refractivity contribution in [1.82, 2.24) is 5.32 Å². The highest BCUT2D eigenvalue weighted by molar-refractivity contribution is 6.00. The van der Waals surface area contributed by atoms with Gasteiger partial charge in [-0.3, -0.25) is 4.79 Å². The van der Waals surface area contributed by atoms with E-state index < -0.39 is 29.2 Å². The Morgan fingerprint density at radius 2 is 1.68 bits per heavy atom. The average Bonchev–Trinajstić information content (AvgIpc) is 2.71. The lowest BCUT2D eigenvalue weighted by Gasteiger charge is -2.25. The summed E-state index contributed by atoms with van der Waals surface area (Å²) >= 11 is 0. The summed E-state index contributed by atoms with van der Waals surface area (Å²) in [6.45, 7) is 2.75. The number of nitrogens with one attached hydrogen (secondary N) is 1. The van der Waals surface area contributed by atoms with Gasteiger partial charge in [0.25, 0.3) is 5.91 Å². The van der Waals surface area contributed by atoms with Gasteiger partial charge in [0.2, 0.25) is 0 Å². The molecule has 0 spiro atoms. The Kier molecular flexibility index (Phi) is 6.29. The molecule has 3 rings (SSSR count). The Bertz CT molecular complexity index is 982. The summed E-state index contributed by atoms with van der Waals surface area (Å²) in [6, 6.07) is 8.11. The molecule has 0 saturated heterocycles. The molecule has 0 aromatic heterocycles. The minimum Gasteiger partial charge on any atom is -0.488 e. The van der Waals surface area contributed by atoms with E-state index in [2.05, 4.69) is 5.32 Å². The molecule has 5 nitrogen and oxygen atoms in total. The molecule has 2 N–H and O–H groups in total. The van der Waals surface area contributed by atoms with Crippen molar-refractivity contribution >= 4 is 11.9 Å². The van der Waals surface area contributed by atoms with E-state index in [0.29, 0.717) is 17.7 Å². The summed E-state index contributed by atoms with van der Waals surface area (Å²) in [4.78, 5) is 24.2. The van der Waals surface area contributed by atoms with Gasteiger partial charge in [0, 0.05) is 0 Å². The van der Waals surface area contributed by atoms with Crippen LogP contribution >= 0.6 is 0 Å². The number of carbonyl (C=O) groups is 2. The summed E-state index contributed by atoms with van der Waals surface area (Å²) in [5, 5.41) is 11.8. The van der Waals surface area contributed by atoms with Gasteiger partial charge in [-0.1, -0.05) is 18.2 Å². The van der Waals surface area contributed by atoms with Crippen LogP contribution in [-0.2, 0) is 30.4 Å². The zero-order chi connectivity index (χ0) is 22.8. The number of amides is 1. The van der Waals surface area contributed by atoms with Crippen molar-refractivity contribution in [1.29, 1.82) is 0 Å². The number of aliphatic carboxylic acids is 1. The number of rotatable bonds is 6. The predicted octanol–water partition coefficient (Wildman–Crippen LogP) is 4.76. The van der Waals surface area contributed by atoms with Crippen molar-refractivity contribution in [3.63, 3.8) is 0 Å². The second-order valence-corrected chi connectivity index (χ2v) is 8.15. The number of fused-ring (bicyclic) bond motifs is 1. The van der Waals surface area contributed by atoms with Crippen molar-refractivity contribution in [3.05, 3.63) is 64.2 Å². The van der Waals surface area contributed by atoms with E-state index in [1.807, 2.05) is 6.07 Å². The van der Waals surface area contributed by atoms with E-state index >= 15 is 0 Å². The molecule has 31 heavy (non-hydrogen) atoms. The van der Waals surface area contributed by atoms with Gasteiger partial charge >= 0.3 is 12.1 Å². The molecule has 0 heterocycles. The first-order valence-electron chi connectivity index (χ1n) is 9.98. The molecule has 1 amide bonds. The first-order chi connectivity index (χ1) is 14.5. The maximum absolute atomic E-state index is 12.9. The monoisotopic (exact) mass is 435 g/mol. The quantitative estimate of drug-likeness (QED) is 0.686. The molecule has 8 heteroatoms. The van der Waals surface area contributed by atoms with E-state index in [-0.39, 0.29) is 12.2 Å². The topological polar surface area (TPSA) is 75.6 Å². The van der Waals surface area contributed by atoms with Crippen molar-refractivity contribution in [2.24, 2.45) is 0 Å². The van der Waals surface area contributed by atoms with Crippen molar-refractivity contribution in [3.8, 4) is 5.75 Å². The summed E-state index contributed by atoms with van der Waals surface area (Å²) in [5.41, 5.74) is 0.462. The standard InChI is InChI=1S/C23H24F3NO4/c1-22(2,21(29)30)27-20(28)18-12-9-15-5-3-4-6-17(15)19(18)31-13-14-7-10-16(11-8-14)23(24,25)26/h7-12H,3-6,13H2,1-2H3,(H,27,28)(H,29,30). The first kappa shape index (κ1) is 22.7. The molecule has 0 unspecified atom stereocenters. The van der Waals surface area contributed by atoms with Gasteiger partial charge in [0.05, 0.1) is 11.1 Å². The molecule has 0 fully saturated rings. The maximum Gasteiger partial charge on any atom is 0.416 e. The highest BCUT2D eigenvalue weighted by atomic mass is 19.4. The highest BCUT2D eigenvalue weighted by Crippen LogP contribution is 2.34. The second-order valence-electron chi connectivity index (χ2n) is 8.15. The molecule has 0 atom stereocenters. The van der Waals surface area contributed by atoms with Gasteiger partial charge in [-0.15, -0.1) is 0 Å². The molecular formula is C23H24F3NO4. The van der Waals surface area contributed by atoms with Gasteiger partial charge in [-0.05, 0) is 74.4 Å². The normalized spacial score (nSPS) is 14.0. The lowest BCUT2D eigenvalue weighted by molar-refractivity contribution is -0.143. The fraction of sp³-hybridized carbons (Fsp3) is 0.391. The van der Waals surface area contributed by atoms with Crippen LogP contribution in [0.4, 0.5) is 13.2 Å². The maximum atomic E-state index is 12.9. The predicted molar refractivity (Wildman–Crippen MR) is 108 cm³/mol. The molecule has 1 aliphatic carbocycles. The molecule has 0 bridgehead atoms. The summed E-state index contributed by atoms with van der Waals surface area (Å²) in [7, 11) is 0. The van der Waals surface area contributed by atoms with Crippen LogP contribution in [0.15, 0.2) is 36.4 Å². The SMILES string of the molecule is CC(C)(NC(=O)c1ccc2c(c1OCc1ccc(C(F)(F)F)cc1)CCCC2)C(=O)O. The van der Waals surface area contributed by atoms with Gasteiger partial charge in [0.1, 0.15) is 17.9 Å². The number of carbonyl (C=O) groups excluding carboxylic acids is 1. The number of carboxylic acid groups (broad SMARTS) is 1. The Labute approximate surface area is 178 Å². The molecule has 0 saturated carbocycles. The number of halogens is 3. The van der Waals surface area contributed by atoms with E-state index in [1.54, 1.807) is 6.07 Å². The molecular weight excluding hydrogens is 411 g/mol. The zero-order valence-corrected chi connectivity index (χ0v) is 17.3. The van der Waals surface area contributed by atoms with E-state index in [9.17, 15) is 27.9 Å². The van der Waals surface area contributed by atoms with Crippen LogP contribution in [-0.4, -0.2) is 22.5 Å². The number of ether oxygens (including phenoxy) is 1. The van der Waals surface area contributed by atoms with E-state index in [4.69, 9.17) is 4.74 Å². The summed E-state index contributed by atoms with van der Waals surface area (Å²) in [5.74, 6) is -1.40. The zero-order valence-electron chi connectivity index (χ0n) is 17.3. The number of hydrogen-bond acceptors (Lipinski definition) is 3. The Hall–Kier alpha value is -3.03. The number of alkyl halides is 3. The lowest BCUT2D eigenvalue weighted by atomic mass is 9.89. The highest BCUT2D eigenvalue weighted by Gasteiger charge is 2.32. The minimum atomic E-state index is -4.42. The molecule has 0 radical (unpaired) electrons. The Morgan fingerprint density at radius 1 is 1.03 bits per heavy atom. The van der Waals surface area contributed by atoms with Crippen LogP contribution in [0.2, 0.25) is 0 Å². The lowest BCUT2D eigenvalue weighted by Crippen LogP contribution is -2.49. The van der Waals surface area contributed by atoms with Crippen molar-refractivity contribution in [2.75, 3.05) is 0 Å². The first-order valence-corrected chi connectivity index (χ1v) is 9.98. The smallest absolute Gasteiger partial charge is 0.416 e. The third-order valence-corrected chi connectivity index (χ3v) is 5.35. The molecule has 166 valence electrons. The molecule has 0 aliphatic heterocycles. The van der Waals surface area contributed by atoms with Gasteiger partial charge < -0.3 is 15.2 Å². The largest absolute Gasteiger partial charge is 0.488 e. The Morgan fingerprint density at radius 3 is 2.29 bits per heavy atom. The molecule has 1 aliphatic rings. The van der Waals surface area contributed by atoms with Gasteiger partial charge in [-0.2, -0.15) is 13.2 Å². The Balaban J connectivity index is 1.88. The number of hydrogen-bond donors (Lipinski definition) is 2. The number of aryl methyl sites for hydroxylation is 1. The van der Waals surface area contributed by atoms with Gasteiger partial charge in [-0.25, -0.2) is 4.79 Å². The van der Waals surface area contributed by atoms with E-state index in [1.165, 1.54) is 26.0 Å². The third-order valence-electron chi connectivity index (χ3n) is 5.35. The number of benzene rings is 2. The molecule has 2 aromatic rings. The fourth-order valence-electron chi connectivity index (χ4n) is 3.49. The van der Waals surface area contributed by atoms with Crippen LogP contribution < -0.4 is 10.1 Å². The number of carboxylic acids is 1. The summed E-state index contributed by atoms with van der Waals surface area (Å²) in [6.07, 6.45) is -0.923. The van der Waals surface area contributed by atoms with Crippen LogP contribution in [0.5, 0.6) is 5.75 Å². The van der Waals surface area contributed by atoms with Crippen molar-refractivity contribution in [2.45, 2.75) is 57.9 Å². The van der Waals surface area contributed by atoms with Crippen molar-refractivity contribution < 1.29 is 32.6 Å². The second kappa shape index (κ2) is 8.61. The van der Waals surface area contributed by atoms with Crippen LogP contribution in [0.3, 0.4) is 0 Å². The van der Waals surface area contributed by atoms with Crippen LogP contribution in [0, 0.1) is 0 Å². The average molecular weight is 435 g/mol. The van der Waals surface area contributed by atoms with Gasteiger partial charge in [0.15, 0.2) is 0 Å². The van der Waals surface area contributed by atoms with Crippen LogP contribution in [0.1, 0.15) is 59.3 Å². The minimum absolute atomic E-state index is 0.0167. The van der Waals surface area contributed by atoms with Crippen LogP contribution in [0.25, 0.3) is 0 Å².